The van der Waals surface area contributed by atoms with Crippen molar-refractivity contribution in [3.8, 4) is 0 Å². The second-order valence-electron chi connectivity index (χ2n) is 6.26. The van der Waals surface area contributed by atoms with Gasteiger partial charge in [0.05, 0.1) is 12.5 Å². The highest BCUT2D eigenvalue weighted by molar-refractivity contribution is 5.71. The molecule has 1 N–H and O–H groups in total. The van der Waals surface area contributed by atoms with Gasteiger partial charge in [-0.2, -0.15) is 0 Å². The summed E-state index contributed by atoms with van der Waals surface area (Å²) in [5.41, 5.74) is 1.59. The summed E-state index contributed by atoms with van der Waals surface area (Å²) in [6, 6.07) is 19.7. The van der Waals surface area contributed by atoms with Gasteiger partial charge in [0, 0.05) is 5.69 Å². The summed E-state index contributed by atoms with van der Waals surface area (Å²) in [4.78, 5) is 12.2. The van der Waals surface area contributed by atoms with Crippen LogP contribution >= 0.6 is 0 Å². The molecule has 0 saturated heterocycles. The summed E-state index contributed by atoms with van der Waals surface area (Å²) < 4.78 is 5.45. The van der Waals surface area contributed by atoms with E-state index in [0.29, 0.717) is 0 Å². The normalized spacial score (nSPS) is 12.5. The van der Waals surface area contributed by atoms with E-state index in [1.165, 1.54) is 0 Å². The third-order valence-corrected chi connectivity index (χ3v) is 3.11. The van der Waals surface area contributed by atoms with Gasteiger partial charge in [0.15, 0.2) is 0 Å². The van der Waals surface area contributed by atoms with E-state index in [4.69, 9.17) is 4.74 Å². The van der Waals surface area contributed by atoms with Crippen molar-refractivity contribution in [2.75, 3.05) is 5.32 Å². The van der Waals surface area contributed by atoms with Crippen LogP contribution in [0.3, 0.4) is 0 Å². The number of rotatable bonds is 5. The fraction of sp³-hybridized carbons (Fsp3) is 0.316. The molecule has 3 nitrogen and oxygen atoms in total. The molecule has 1 atom stereocenters. The van der Waals surface area contributed by atoms with Gasteiger partial charge in [-0.15, -0.1) is 0 Å². The van der Waals surface area contributed by atoms with E-state index in [1.54, 1.807) is 0 Å². The number of hydrogen-bond donors (Lipinski definition) is 1. The molecule has 0 aromatic heterocycles. The highest BCUT2D eigenvalue weighted by Gasteiger charge is 2.21. The molecule has 0 unspecified atom stereocenters. The van der Waals surface area contributed by atoms with E-state index in [2.05, 4.69) is 5.32 Å². The van der Waals surface area contributed by atoms with Gasteiger partial charge in [-0.3, -0.25) is 4.79 Å². The summed E-state index contributed by atoms with van der Waals surface area (Å²) in [6.07, 6.45) is 0.288. The molecule has 0 spiro atoms. The van der Waals surface area contributed by atoms with Crippen molar-refractivity contribution in [1.82, 2.24) is 0 Å². The third kappa shape index (κ3) is 5.24. The van der Waals surface area contributed by atoms with Crippen molar-refractivity contribution in [2.45, 2.75) is 38.8 Å². The number of para-hydroxylation sites is 1. The van der Waals surface area contributed by atoms with Crippen molar-refractivity contribution in [3.63, 3.8) is 0 Å². The third-order valence-electron chi connectivity index (χ3n) is 3.11. The highest BCUT2D eigenvalue weighted by atomic mass is 16.6. The Bertz CT molecular complexity index is 588. The van der Waals surface area contributed by atoms with Crippen LogP contribution in [0.1, 0.15) is 38.8 Å². The largest absolute Gasteiger partial charge is 0.460 e. The Morgan fingerprint density at radius 2 is 1.55 bits per heavy atom. The van der Waals surface area contributed by atoms with Crippen LogP contribution in [-0.4, -0.2) is 11.6 Å². The average molecular weight is 297 g/mol. The maximum Gasteiger partial charge on any atom is 0.308 e. The molecular formula is C19H23NO2. The molecule has 2 aromatic rings. The fourth-order valence-corrected chi connectivity index (χ4v) is 2.22. The molecule has 0 amide bonds. The summed E-state index contributed by atoms with van der Waals surface area (Å²) >= 11 is 0. The lowest BCUT2D eigenvalue weighted by atomic mass is 10.0. The number of anilines is 1. The number of benzene rings is 2. The number of ether oxygens (including phenoxy) is 1. The van der Waals surface area contributed by atoms with Crippen LogP contribution in [-0.2, 0) is 9.53 Å². The SMILES string of the molecule is CC(C)(C)OC(=O)C[C@@H](Nc1ccccc1)c1ccccc1. The van der Waals surface area contributed by atoms with Crippen molar-refractivity contribution in [1.29, 1.82) is 0 Å². The van der Waals surface area contributed by atoms with E-state index in [9.17, 15) is 4.79 Å². The lowest BCUT2D eigenvalue weighted by Crippen LogP contribution is -2.26. The number of carbonyl (C=O) groups excluding carboxylic acids is 1. The number of carbonyl (C=O) groups is 1. The van der Waals surface area contributed by atoms with Gasteiger partial charge >= 0.3 is 5.97 Å². The minimum atomic E-state index is -0.467. The molecule has 3 heteroatoms. The smallest absolute Gasteiger partial charge is 0.308 e. The predicted octanol–water partition coefficient (Wildman–Crippen LogP) is 4.57. The summed E-state index contributed by atoms with van der Waals surface area (Å²) in [6.45, 7) is 5.65. The second-order valence-corrected chi connectivity index (χ2v) is 6.26. The Kier molecular flexibility index (Phi) is 5.21. The predicted molar refractivity (Wildman–Crippen MR) is 89.7 cm³/mol. The molecule has 0 aliphatic carbocycles. The van der Waals surface area contributed by atoms with Crippen LogP contribution in [0.4, 0.5) is 5.69 Å². The Hall–Kier alpha value is -2.29. The van der Waals surface area contributed by atoms with Gasteiger partial charge in [0.1, 0.15) is 5.60 Å². The number of esters is 1. The zero-order valence-electron chi connectivity index (χ0n) is 13.4. The maximum absolute atomic E-state index is 12.2. The molecule has 2 aromatic carbocycles. The second kappa shape index (κ2) is 7.12. The molecule has 0 bridgehead atoms. The Morgan fingerprint density at radius 3 is 2.09 bits per heavy atom. The van der Waals surface area contributed by atoms with E-state index < -0.39 is 5.60 Å². The van der Waals surface area contributed by atoms with Gasteiger partial charge in [-0.05, 0) is 38.5 Å². The van der Waals surface area contributed by atoms with E-state index >= 15 is 0 Å². The van der Waals surface area contributed by atoms with Crippen molar-refractivity contribution < 1.29 is 9.53 Å². The molecule has 2 rings (SSSR count). The summed E-state index contributed by atoms with van der Waals surface area (Å²) in [5, 5.41) is 3.41. The zero-order chi connectivity index (χ0) is 16.0. The van der Waals surface area contributed by atoms with Gasteiger partial charge in [0.2, 0.25) is 0 Å². The topological polar surface area (TPSA) is 38.3 Å². The quantitative estimate of drug-likeness (QED) is 0.821. The summed E-state index contributed by atoms with van der Waals surface area (Å²) in [7, 11) is 0. The van der Waals surface area contributed by atoms with Crippen molar-refractivity contribution >= 4 is 11.7 Å². The molecule has 0 heterocycles. The molecule has 0 aliphatic rings. The van der Waals surface area contributed by atoms with Gasteiger partial charge < -0.3 is 10.1 Å². The lowest BCUT2D eigenvalue weighted by molar-refractivity contribution is -0.155. The molecule has 0 saturated carbocycles. The van der Waals surface area contributed by atoms with Crippen LogP contribution in [0, 0.1) is 0 Å². The molecule has 0 fully saturated rings. The first-order chi connectivity index (χ1) is 10.4. The Balaban J connectivity index is 2.14. The number of nitrogens with one attached hydrogen (secondary N) is 1. The zero-order valence-corrected chi connectivity index (χ0v) is 13.4. The minimum Gasteiger partial charge on any atom is -0.460 e. The first-order valence-electron chi connectivity index (χ1n) is 7.52. The van der Waals surface area contributed by atoms with Crippen LogP contribution in [0.15, 0.2) is 60.7 Å². The standard InChI is InChI=1S/C19H23NO2/c1-19(2,3)22-18(21)14-17(15-10-6-4-7-11-15)20-16-12-8-5-9-13-16/h4-13,17,20H,14H2,1-3H3/t17-/m1/s1. The highest BCUT2D eigenvalue weighted by Crippen LogP contribution is 2.24. The average Bonchev–Trinajstić information content (AvgIpc) is 2.47. The van der Waals surface area contributed by atoms with Crippen LogP contribution in [0.2, 0.25) is 0 Å². The first-order valence-corrected chi connectivity index (χ1v) is 7.52. The van der Waals surface area contributed by atoms with E-state index in [0.717, 1.165) is 11.3 Å². The van der Waals surface area contributed by atoms with Crippen molar-refractivity contribution in [2.24, 2.45) is 0 Å². The van der Waals surface area contributed by atoms with E-state index in [1.807, 2.05) is 81.4 Å². The Labute approximate surface area is 132 Å². The first kappa shape index (κ1) is 16.1. The van der Waals surface area contributed by atoms with Gasteiger partial charge in [-0.1, -0.05) is 48.5 Å². The van der Waals surface area contributed by atoms with Crippen molar-refractivity contribution in [3.05, 3.63) is 66.2 Å². The van der Waals surface area contributed by atoms with Gasteiger partial charge in [-0.25, -0.2) is 0 Å². The van der Waals surface area contributed by atoms with Gasteiger partial charge in [0.25, 0.3) is 0 Å². The molecule has 116 valence electrons. The molecular weight excluding hydrogens is 274 g/mol. The Morgan fingerprint density at radius 1 is 1.00 bits per heavy atom. The monoisotopic (exact) mass is 297 g/mol. The van der Waals surface area contributed by atoms with Crippen LogP contribution < -0.4 is 5.32 Å². The maximum atomic E-state index is 12.2. The number of hydrogen-bond acceptors (Lipinski definition) is 3. The summed E-state index contributed by atoms with van der Waals surface area (Å²) in [5.74, 6) is -0.204. The molecule has 22 heavy (non-hydrogen) atoms. The molecule has 0 radical (unpaired) electrons. The fourth-order valence-electron chi connectivity index (χ4n) is 2.22. The minimum absolute atomic E-state index is 0.113. The van der Waals surface area contributed by atoms with E-state index in [-0.39, 0.29) is 18.4 Å². The van der Waals surface area contributed by atoms with Crippen LogP contribution in [0.5, 0.6) is 0 Å². The molecule has 0 aliphatic heterocycles. The van der Waals surface area contributed by atoms with Crippen LogP contribution in [0.25, 0.3) is 0 Å². The lowest BCUT2D eigenvalue weighted by Gasteiger charge is -2.24.